The number of allylic oxidation sites excluding steroid dienone is 4. The van der Waals surface area contributed by atoms with Gasteiger partial charge in [0.2, 0.25) is 0 Å². The lowest BCUT2D eigenvalue weighted by Crippen LogP contribution is -1.81. The predicted octanol–water partition coefficient (Wildman–Crippen LogP) is 3.45. The number of unbranched alkanes of at least 4 members (excludes halogenated alkanes) is 4. The Balaban J connectivity index is 3.12. The molecule has 0 aromatic rings. The number of hydrogen-bond acceptors (Lipinski definition) is 1. The van der Waals surface area contributed by atoms with Gasteiger partial charge in [-0.05, 0) is 25.7 Å². The number of aliphatic hydroxyl groups is 1. The Bertz CT molecular complexity index is 136. The van der Waals surface area contributed by atoms with E-state index in [1.807, 2.05) is 0 Å². The molecule has 0 atom stereocenters. The van der Waals surface area contributed by atoms with Crippen molar-refractivity contribution in [1.82, 2.24) is 0 Å². The highest BCUT2D eigenvalue weighted by Gasteiger charge is 1.83. The van der Waals surface area contributed by atoms with E-state index in [1.165, 1.54) is 19.3 Å². The summed E-state index contributed by atoms with van der Waals surface area (Å²) in [7, 11) is 0. The number of aliphatic hydroxyl groups excluding tert-OH is 1. The smallest absolute Gasteiger partial charge is 0.0431 e. The van der Waals surface area contributed by atoms with E-state index in [0.29, 0.717) is 6.61 Å². The van der Waals surface area contributed by atoms with Gasteiger partial charge in [-0.25, -0.2) is 0 Å². The van der Waals surface area contributed by atoms with Gasteiger partial charge in [-0.2, -0.15) is 0 Å². The minimum absolute atomic E-state index is 0.333. The first-order valence-corrected chi connectivity index (χ1v) is 5.34. The third kappa shape index (κ3) is 11.4. The molecule has 0 saturated carbocycles. The molecule has 1 N–H and O–H groups in total. The summed E-state index contributed by atoms with van der Waals surface area (Å²) in [6.07, 6.45) is 15.4. The first-order chi connectivity index (χ1) is 6.41. The van der Waals surface area contributed by atoms with Crippen LogP contribution in [0, 0.1) is 0 Å². The van der Waals surface area contributed by atoms with Gasteiger partial charge in [0.15, 0.2) is 0 Å². The topological polar surface area (TPSA) is 20.2 Å². The molecular formula is C12H22O. The maximum absolute atomic E-state index is 8.54. The van der Waals surface area contributed by atoms with Crippen molar-refractivity contribution in [3.8, 4) is 0 Å². The lowest BCUT2D eigenvalue weighted by Gasteiger charge is -1.92. The van der Waals surface area contributed by atoms with Crippen molar-refractivity contribution >= 4 is 0 Å². The van der Waals surface area contributed by atoms with Crippen LogP contribution < -0.4 is 0 Å². The summed E-state index contributed by atoms with van der Waals surface area (Å²) in [6, 6.07) is 0. The molecule has 1 nitrogen and oxygen atoms in total. The molecule has 0 radical (unpaired) electrons. The summed E-state index contributed by atoms with van der Waals surface area (Å²) in [5, 5.41) is 8.54. The summed E-state index contributed by atoms with van der Waals surface area (Å²) in [4.78, 5) is 0. The van der Waals surface area contributed by atoms with E-state index in [2.05, 4.69) is 31.2 Å². The monoisotopic (exact) mass is 182 g/mol. The molecule has 0 saturated heterocycles. The second-order valence-electron chi connectivity index (χ2n) is 3.22. The van der Waals surface area contributed by atoms with Crippen molar-refractivity contribution in [2.24, 2.45) is 0 Å². The van der Waals surface area contributed by atoms with Crippen LogP contribution in [0.1, 0.15) is 45.4 Å². The van der Waals surface area contributed by atoms with E-state index < -0.39 is 0 Å². The molecule has 0 bridgehead atoms. The molecule has 0 heterocycles. The number of rotatable bonds is 8. The number of hydrogen-bond donors (Lipinski definition) is 1. The summed E-state index contributed by atoms with van der Waals surface area (Å²) in [5.74, 6) is 0. The zero-order valence-corrected chi connectivity index (χ0v) is 8.71. The average Bonchev–Trinajstić information content (AvgIpc) is 2.16. The third-order valence-corrected chi connectivity index (χ3v) is 1.87. The Morgan fingerprint density at radius 1 is 0.923 bits per heavy atom. The molecule has 1 heteroatoms. The van der Waals surface area contributed by atoms with Crippen LogP contribution in [-0.4, -0.2) is 11.7 Å². The van der Waals surface area contributed by atoms with Crippen molar-refractivity contribution in [2.45, 2.75) is 45.4 Å². The first kappa shape index (κ1) is 12.4. The largest absolute Gasteiger partial charge is 0.396 e. The van der Waals surface area contributed by atoms with E-state index in [4.69, 9.17) is 5.11 Å². The van der Waals surface area contributed by atoms with Crippen molar-refractivity contribution < 1.29 is 5.11 Å². The summed E-state index contributed by atoms with van der Waals surface area (Å²) in [6.45, 7) is 2.52. The Hall–Kier alpha value is -0.560. The fourth-order valence-corrected chi connectivity index (χ4v) is 1.07. The van der Waals surface area contributed by atoms with Gasteiger partial charge in [0.25, 0.3) is 0 Å². The Morgan fingerprint density at radius 3 is 2.23 bits per heavy atom. The van der Waals surface area contributed by atoms with Gasteiger partial charge >= 0.3 is 0 Å². The van der Waals surface area contributed by atoms with E-state index >= 15 is 0 Å². The molecule has 0 amide bonds. The fourth-order valence-electron chi connectivity index (χ4n) is 1.07. The quantitative estimate of drug-likeness (QED) is 0.450. The normalized spacial score (nSPS) is 11.8. The second kappa shape index (κ2) is 11.4. The highest BCUT2D eigenvalue weighted by atomic mass is 16.2. The molecular weight excluding hydrogens is 160 g/mol. The first-order valence-electron chi connectivity index (χ1n) is 5.34. The van der Waals surface area contributed by atoms with Gasteiger partial charge in [-0.1, -0.05) is 44.1 Å². The van der Waals surface area contributed by atoms with Crippen LogP contribution in [-0.2, 0) is 0 Å². The van der Waals surface area contributed by atoms with Gasteiger partial charge in [0.1, 0.15) is 0 Å². The van der Waals surface area contributed by atoms with Crippen LogP contribution in [0.3, 0.4) is 0 Å². The molecule has 0 aliphatic rings. The van der Waals surface area contributed by atoms with Gasteiger partial charge in [-0.15, -0.1) is 0 Å². The van der Waals surface area contributed by atoms with Crippen molar-refractivity contribution in [2.75, 3.05) is 6.61 Å². The molecule has 0 unspecified atom stereocenters. The molecule has 0 aliphatic carbocycles. The Labute approximate surface area is 82.2 Å². The van der Waals surface area contributed by atoms with Crippen LogP contribution >= 0.6 is 0 Å². The lowest BCUT2D eigenvalue weighted by molar-refractivity contribution is 0.283. The maximum atomic E-state index is 8.54. The molecule has 0 fully saturated rings. The van der Waals surface area contributed by atoms with E-state index in [-0.39, 0.29) is 0 Å². The van der Waals surface area contributed by atoms with Crippen LogP contribution in [0.2, 0.25) is 0 Å². The molecule has 13 heavy (non-hydrogen) atoms. The Morgan fingerprint density at radius 2 is 1.62 bits per heavy atom. The van der Waals surface area contributed by atoms with Crippen molar-refractivity contribution in [1.29, 1.82) is 0 Å². The summed E-state index contributed by atoms with van der Waals surface area (Å²) >= 11 is 0. The zero-order chi connectivity index (χ0) is 9.78. The highest BCUT2D eigenvalue weighted by Crippen LogP contribution is 2.00. The van der Waals surface area contributed by atoms with Crippen LogP contribution in [0.25, 0.3) is 0 Å². The third-order valence-electron chi connectivity index (χ3n) is 1.87. The van der Waals surface area contributed by atoms with Crippen molar-refractivity contribution in [3.05, 3.63) is 24.3 Å². The SMILES string of the molecule is CCC/C=C/C=C/CCCCCO. The molecule has 0 spiro atoms. The van der Waals surface area contributed by atoms with Gasteiger partial charge in [-0.3, -0.25) is 0 Å². The predicted molar refractivity (Wildman–Crippen MR) is 58.7 cm³/mol. The van der Waals surface area contributed by atoms with E-state index in [1.54, 1.807) is 0 Å². The highest BCUT2D eigenvalue weighted by molar-refractivity contribution is 5.01. The standard InChI is InChI=1S/C12H22O/c1-2-3-4-5-6-7-8-9-10-11-12-13/h4-7,13H,2-3,8-12H2,1H3/b5-4+,7-6+. The molecule has 0 rings (SSSR count). The van der Waals surface area contributed by atoms with E-state index in [9.17, 15) is 0 Å². The van der Waals surface area contributed by atoms with Gasteiger partial charge in [0, 0.05) is 6.61 Å². The summed E-state index contributed by atoms with van der Waals surface area (Å²) in [5.41, 5.74) is 0. The van der Waals surface area contributed by atoms with Gasteiger partial charge < -0.3 is 5.11 Å². The lowest BCUT2D eigenvalue weighted by atomic mass is 10.2. The Kier molecular flexibility index (Phi) is 10.9. The summed E-state index contributed by atoms with van der Waals surface area (Å²) < 4.78 is 0. The van der Waals surface area contributed by atoms with Crippen LogP contribution in [0.4, 0.5) is 0 Å². The minimum Gasteiger partial charge on any atom is -0.396 e. The van der Waals surface area contributed by atoms with Crippen LogP contribution in [0.5, 0.6) is 0 Å². The molecule has 0 aliphatic heterocycles. The van der Waals surface area contributed by atoms with Gasteiger partial charge in [0.05, 0.1) is 0 Å². The second-order valence-corrected chi connectivity index (χ2v) is 3.22. The van der Waals surface area contributed by atoms with E-state index in [0.717, 1.165) is 19.3 Å². The molecule has 0 aromatic heterocycles. The maximum Gasteiger partial charge on any atom is 0.0431 e. The van der Waals surface area contributed by atoms with Crippen LogP contribution in [0.15, 0.2) is 24.3 Å². The molecule has 76 valence electrons. The average molecular weight is 182 g/mol. The zero-order valence-electron chi connectivity index (χ0n) is 8.71. The van der Waals surface area contributed by atoms with Crippen molar-refractivity contribution in [3.63, 3.8) is 0 Å². The molecule has 0 aromatic carbocycles. The minimum atomic E-state index is 0.333. The fraction of sp³-hybridized carbons (Fsp3) is 0.667.